The number of hydrogen-bond acceptors (Lipinski definition) is 6. The van der Waals surface area contributed by atoms with Crippen LogP contribution in [-0.2, 0) is 11.3 Å². The van der Waals surface area contributed by atoms with Crippen LogP contribution in [-0.4, -0.2) is 51.5 Å². The third-order valence-corrected chi connectivity index (χ3v) is 8.72. The summed E-state index contributed by atoms with van der Waals surface area (Å²) in [5.74, 6) is 3.67. The molecule has 8 heteroatoms. The molecule has 2 aromatic rings. The van der Waals surface area contributed by atoms with Gasteiger partial charge in [-0.05, 0) is 75.4 Å². The summed E-state index contributed by atoms with van der Waals surface area (Å²) in [4.78, 5) is 25.1. The molecule has 2 aromatic heterocycles. The molecule has 1 N–H and O–H groups in total. The Balaban J connectivity index is 1.17. The van der Waals surface area contributed by atoms with E-state index in [2.05, 4.69) is 15.3 Å². The van der Waals surface area contributed by atoms with Crippen molar-refractivity contribution in [1.82, 2.24) is 25.1 Å². The molecular formula is C23H32N6OS. The van der Waals surface area contributed by atoms with Crippen LogP contribution in [0.15, 0.2) is 11.4 Å². The summed E-state index contributed by atoms with van der Waals surface area (Å²) in [5, 5.41) is 9.71. The van der Waals surface area contributed by atoms with E-state index in [1.165, 1.54) is 32.1 Å². The zero-order valence-corrected chi connectivity index (χ0v) is 19.2. The smallest absolute Gasteiger partial charge is 0.226 e. The molecule has 1 aliphatic heterocycles. The molecule has 5 aliphatic rings. The van der Waals surface area contributed by atoms with Crippen molar-refractivity contribution < 1.29 is 4.79 Å². The maximum absolute atomic E-state index is 13.2. The lowest BCUT2D eigenvalue weighted by atomic mass is 9.49. The van der Waals surface area contributed by atoms with Gasteiger partial charge in [0.15, 0.2) is 10.8 Å². The van der Waals surface area contributed by atoms with Crippen molar-refractivity contribution in [2.24, 2.45) is 23.2 Å². The van der Waals surface area contributed by atoms with Crippen LogP contribution in [0.1, 0.15) is 51.4 Å². The maximum atomic E-state index is 13.2. The zero-order chi connectivity index (χ0) is 21.0. The van der Waals surface area contributed by atoms with E-state index in [0.717, 1.165) is 72.1 Å². The maximum Gasteiger partial charge on any atom is 0.226 e. The summed E-state index contributed by atoms with van der Waals surface area (Å²) in [6.45, 7) is 3.35. The largest absolute Gasteiger partial charge is 0.356 e. The van der Waals surface area contributed by atoms with E-state index in [4.69, 9.17) is 9.97 Å². The van der Waals surface area contributed by atoms with E-state index < -0.39 is 0 Å². The zero-order valence-electron chi connectivity index (χ0n) is 18.3. The summed E-state index contributed by atoms with van der Waals surface area (Å²) < 4.78 is 1.94. The van der Waals surface area contributed by atoms with E-state index in [0.29, 0.717) is 19.0 Å². The summed E-state index contributed by atoms with van der Waals surface area (Å²) in [6, 6.07) is 0. The quantitative estimate of drug-likeness (QED) is 0.547. The Labute approximate surface area is 187 Å². The molecule has 4 bridgehead atoms. The van der Waals surface area contributed by atoms with Crippen molar-refractivity contribution in [3.8, 4) is 0 Å². The van der Waals surface area contributed by atoms with Crippen molar-refractivity contribution in [1.29, 1.82) is 0 Å². The standard InChI is InChI=1S/C23H32N6OS/c1-31-22-26-19(28-5-2-3-6-28)18-14-25-29(20(18)27-22)7-4-24-21(30)23-11-15-8-16(12-23)10-17(9-15)13-23/h14-17H,2-13H2,1H3,(H,24,30). The summed E-state index contributed by atoms with van der Waals surface area (Å²) in [5.41, 5.74) is 0.795. The Bertz CT molecular complexity index is 962. The molecule has 0 spiro atoms. The Morgan fingerprint density at radius 1 is 1.13 bits per heavy atom. The van der Waals surface area contributed by atoms with Gasteiger partial charge in [-0.1, -0.05) is 11.8 Å². The van der Waals surface area contributed by atoms with Crippen LogP contribution in [0.4, 0.5) is 5.82 Å². The van der Waals surface area contributed by atoms with E-state index in [1.807, 2.05) is 17.1 Å². The van der Waals surface area contributed by atoms with Crippen molar-refractivity contribution in [2.45, 2.75) is 63.1 Å². The molecule has 1 saturated heterocycles. The highest BCUT2D eigenvalue weighted by Crippen LogP contribution is 2.60. The lowest BCUT2D eigenvalue weighted by Gasteiger charge is -2.55. The number of amides is 1. The van der Waals surface area contributed by atoms with Gasteiger partial charge >= 0.3 is 0 Å². The fraction of sp³-hybridized carbons (Fsp3) is 0.739. The molecule has 7 nitrogen and oxygen atoms in total. The molecule has 4 aliphatic carbocycles. The van der Waals surface area contributed by atoms with Gasteiger partial charge in [0.1, 0.15) is 5.82 Å². The molecule has 0 radical (unpaired) electrons. The summed E-state index contributed by atoms with van der Waals surface area (Å²) >= 11 is 1.57. The number of hydrogen-bond donors (Lipinski definition) is 1. The average molecular weight is 441 g/mol. The number of thioether (sulfide) groups is 1. The van der Waals surface area contributed by atoms with E-state index in [1.54, 1.807) is 11.8 Å². The lowest BCUT2D eigenvalue weighted by Crippen LogP contribution is -2.53. The number of carbonyl (C=O) groups is 1. The second kappa shape index (κ2) is 7.64. The van der Waals surface area contributed by atoms with E-state index in [9.17, 15) is 4.79 Å². The number of carbonyl (C=O) groups excluding carboxylic acids is 1. The van der Waals surface area contributed by atoms with Gasteiger partial charge in [-0.15, -0.1) is 0 Å². The van der Waals surface area contributed by atoms with Gasteiger partial charge in [0.05, 0.1) is 18.1 Å². The minimum atomic E-state index is -0.0853. The normalized spacial score (nSPS) is 31.6. The van der Waals surface area contributed by atoms with Gasteiger partial charge in [-0.2, -0.15) is 5.10 Å². The highest BCUT2D eigenvalue weighted by atomic mass is 32.2. The first kappa shape index (κ1) is 19.8. The minimum Gasteiger partial charge on any atom is -0.356 e. The third-order valence-electron chi connectivity index (χ3n) is 8.17. The number of nitrogens with zero attached hydrogens (tertiary/aromatic N) is 5. The van der Waals surface area contributed by atoms with Gasteiger partial charge in [0, 0.05) is 25.0 Å². The van der Waals surface area contributed by atoms with Crippen molar-refractivity contribution >= 4 is 34.5 Å². The number of rotatable bonds is 6. The number of fused-ring (bicyclic) bond motifs is 1. The molecule has 0 aromatic carbocycles. The van der Waals surface area contributed by atoms with Crippen LogP contribution in [0.3, 0.4) is 0 Å². The SMILES string of the molecule is CSc1nc(N2CCCC2)c2cnn(CCNC(=O)C34CC5CC(CC(C5)C3)C4)c2n1. The first-order valence-electron chi connectivity index (χ1n) is 11.9. The second-order valence-corrected chi connectivity index (χ2v) is 11.1. The number of anilines is 1. The fourth-order valence-corrected chi connectivity index (χ4v) is 7.55. The predicted octanol–water partition coefficient (Wildman–Crippen LogP) is 3.48. The van der Waals surface area contributed by atoms with Crippen LogP contribution in [0.25, 0.3) is 11.0 Å². The Kier molecular flexibility index (Phi) is 4.89. The molecule has 166 valence electrons. The molecule has 31 heavy (non-hydrogen) atoms. The molecule has 0 unspecified atom stereocenters. The molecule has 5 fully saturated rings. The molecule has 0 atom stereocenters. The van der Waals surface area contributed by atoms with Crippen LogP contribution in [0.2, 0.25) is 0 Å². The Hall–Kier alpha value is -1.83. The van der Waals surface area contributed by atoms with Crippen LogP contribution in [0.5, 0.6) is 0 Å². The van der Waals surface area contributed by atoms with Gasteiger partial charge in [0.2, 0.25) is 5.91 Å². The fourth-order valence-electron chi connectivity index (χ4n) is 7.20. The molecule has 3 heterocycles. The topological polar surface area (TPSA) is 75.9 Å². The molecule has 1 amide bonds. The van der Waals surface area contributed by atoms with Gasteiger partial charge in [-0.25, -0.2) is 14.6 Å². The van der Waals surface area contributed by atoms with Crippen molar-refractivity contribution in [3.05, 3.63) is 6.20 Å². The number of nitrogens with one attached hydrogen (secondary N) is 1. The first-order valence-corrected chi connectivity index (χ1v) is 13.2. The number of aromatic nitrogens is 4. The van der Waals surface area contributed by atoms with Crippen LogP contribution >= 0.6 is 11.8 Å². The summed E-state index contributed by atoms with van der Waals surface area (Å²) in [7, 11) is 0. The highest BCUT2D eigenvalue weighted by molar-refractivity contribution is 7.98. The first-order chi connectivity index (χ1) is 15.1. The van der Waals surface area contributed by atoms with Gasteiger partial charge < -0.3 is 10.2 Å². The Morgan fingerprint density at radius 2 is 1.81 bits per heavy atom. The monoisotopic (exact) mass is 440 g/mol. The Morgan fingerprint density at radius 3 is 2.45 bits per heavy atom. The average Bonchev–Trinajstić information content (AvgIpc) is 3.42. The molecule has 7 rings (SSSR count). The van der Waals surface area contributed by atoms with Crippen LogP contribution < -0.4 is 10.2 Å². The van der Waals surface area contributed by atoms with Gasteiger partial charge in [0.25, 0.3) is 0 Å². The van der Waals surface area contributed by atoms with E-state index in [-0.39, 0.29) is 5.41 Å². The highest BCUT2D eigenvalue weighted by Gasteiger charge is 2.54. The predicted molar refractivity (Wildman–Crippen MR) is 122 cm³/mol. The van der Waals surface area contributed by atoms with Crippen molar-refractivity contribution in [2.75, 3.05) is 30.8 Å². The minimum absolute atomic E-state index is 0.0853. The molecular weight excluding hydrogens is 408 g/mol. The molecule has 4 saturated carbocycles. The second-order valence-electron chi connectivity index (χ2n) is 10.3. The van der Waals surface area contributed by atoms with Gasteiger partial charge in [-0.3, -0.25) is 4.79 Å². The summed E-state index contributed by atoms with van der Waals surface area (Å²) in [6.07, 6.45) is 13.8. The van der Waals surface area contributed by atoms with Crippen LogP contribution in [0, 0.1) is 23.2 Å². The van der Waals surface area contributed by atoms with Crippen molar-refractivity contribution in [3.63, 3.8) is 0 Å². The lowest BCUT2D eigenvalue weighted by molar-refractivity contribution is -0.146. The van der Waals surface area contributed by atoms with E-state index >= 15 is 0 Å². The third kappa shape index (κ3) is 3.41.